The summed E-state index contributed by atoms with van der Waals surface area (Å²) < 4.78 is 56.8. The van der Waals surface area contributed by atoms with Crippen LogP contribution in [0.1, 0.15) is 16.7 Å². The van der Waals surface area contributed by atoms with Crippen LogP contribution in [0.5, 0.6) is 5.75 Å². The summed E-state index contributed by atoms with van der Waals surface area (Å²) in [4.78, 5) is 0. The van der Waals surface area contributed by atoms with Crippen LogP contribution in [0.25, 0.3) is 0 Å². The van der Waals surface area contributed by atoms with Crippen LogP contribution >= 0.6 is 0 Å². The molecule has 0 atom stereocenters. The second kappa shape index (κ2) is 6.13. The second-order valence-corrected chi connectivity index (χ2v) is 4.41. The Hall–Kier alpha value is -2.08. The molecule has 0 amide bonds. The van der Waals surface area contributed by atoms with E-state index in [0.717, 1.165) is 12.1 Å². The Labute approximate surface area is 119 Å². The van der Waals surface area contributed by atoms with Gasteiger partial charge in [0.1, 0.15) is 18.2 Å². The number of rotatable bonds is 4. The summed E-state index contributed by atoms with van der Waals surface area (Å²) >= 11 is 0. The minimum Gasteiger partial charge on any atom is -0.489 e. The average Bonchev–Trinajstić information content (AvgIpc) is 2.45. The van der Waals surface area contributed by atoms with Crippen molar-refractivity contribution in [2.24, 2.45) is 5.73 Å². The molecule has 6 heteroatoms. The molecule has 0 aliphatic carbocycles. The topological polar surface area (TPSA) is 35.2 Å². The molecule has 0 aliphatic heterocycles. The van der Waals surface area contributed by atoms with E-state index in [1.807, 2.05) is 0 Å². The molecule has 0 fully saturated rings. The fraction of sp³-hybridized carbons (Fsp3) is 0.200. The van der Waals surface area contributed by atoms with Crippen molar-refractivity contribution in [3.8, 4) is 5.75 Å². The van der Waals surface area contributed by atoms with Crippen molar-refractivity contribution in [1.82, 2.24) is 0 Å². The van der Waals surface area contributed by atoms with E-state index in [0.29, 0.717) is 5.56 Å². The lowest BCUT2D eigenvalue weighted by Gasteiger charge is -2.11. The zero-order valence-corrected chi connectivity index (χ0v) is 11.0. The van der Waals surface area contributed by atoms with E-state index >= 15 is 0 Å². The fourth-order valence-corrected chi connectivity index (χ4v) is 1.83. The molecular formula is C15H13F4NO. The van der Waals surface area contributed by atoms with Crippen molar-refractivity contribution in [1.29, 1.82) is 0 Å². The van der Waals surface area contributed by atoms with Crippen molar-refractivity contribution >= 4 is 0 Å². The quantitative estimate of drug-likeness (QED) is 0.870. The van der Waals surface area contributed by atoms with Crippen molar-refractivity contribution in [3.05, 3.63) is 65.0 Å². The van der Waals surface area contributed by atoms with Crippen molar-refractivity contribution < 1.29 is 22.3 Å². The van der Waals surface area contributed by atoms with Crippen molar-refractivity contribution in [3.63, 3.8) is 0 Å². The van der Waals surface area contributed by atoms with Crippen LogP contribution in [0.4, 0.5) is 17.6 Å². The van der Waals surface area contributed by atoms with Gasteiger partial charge in [-0.3, -0.25) is 0 Å². The summed E-state index contributed by atoms with van der Waals surface area (Å²) in [5.74, 6) is -0.464. The Morgan fingerprint density at radius 3 is 2.33 bits per heavy atom. The predicted octanol–water partition coefficient (Wildman–Crippen LogP) is 3.88. The summed E-state index contributed by atoms with van der Waals surface area (Å²) in [6.07, 6.45) is -4.44. The van der Waals surface area contributed by atoms with Crippen molar-refractivity contribution in [2.45, 2.75) is 19.3 Å². The second-order valence-electron chi connectivity index (χ2n) is 4.41. The lowest BCUT2D eigenvalue weighted by Crippen LogP contribution is -2.07. The van der Waals surface area contributed by atoms with E-state index in [-0.39, 0.29) is 24.5 Å². The van der Waals surface area contributed by atoms with Gasteiger partial charge in [-0.15, -0.1) is 0 Å². The molecule has 0 aromatic heterocycles. The minimum atomic E-state index is -4.44. The maximum atomic E-state index is 13.9. The Balaban J connectivity index is 2.14. The van der Waals surface area contributed by atoms with Crippen LogP contribution in [0.15, 0.2) is 42.5 Å². The third kappa shape index (κ3) is 3.72. The molecule has 0 heterocycles. The number of hydrogen-bond acceptors (Lipinski definition) is 2. The Bertz CT molecular complexity index is 625. The van der Waals surface area contributed by atoms with Gasteiger partial charge in [0.05, 0.1) is 5.56 Å². The molecule has 2 aromatic carbocycles. The molecule has 2 rings (SSSR count). The lowest BCUT2D eigenvalue weighted by atomic mass is 10.1. The summed E-state index contributed by atoms with van der Waals surface area (Å²) in [7, 11) is 0. The Morgan fingerprint density at radius 1 is 1.00 bits per heavy atom. The molecule has 0 bridgehead atoms. The van der Waals surface area contributed by atoms with E-state index in [9.17, 15) is 17.6 Å². The average molecular weight is 299 g/mol. The first kappa shape index (κ1) is 15.3. The van der Waals surface area contributed by atoms with Gasteiger partial charge in [-0.25, -0.2) is 4.39 Å². The maximum absolute atomic E-state index is 13.9. The Kier molecular flexibility index (Phi) is 4.47. The molecule has 0 unspecified atom stereocenters. The number of benzene rings is 2. The summed E-state index contributed by atoms with van der Waals surface area (Å²) in [6.45, 7) is -0.121. The van der Waals surface area contributed by atoms with E-state index < -0.39 is 17.6 Å². The van der Waals surface area contributed by atoms with Crippen LogP contribution in [0.3, 0.4) is 0 Å². The number of ether oxygens (including phenoxy) is 1. The molecular weight excluding hydrogens is 286 g/mol. The lowest BCUT2D eigenvalue weighted by molar-refractivity contribution is -0.137. The van der Waals surface area contributed by atoms with Crippen molar-refractivity contribution in [2.75, 3.05) is 0 Å². The first-order valence-corrected chi connectivity index (χ1v) is 6.18. The summed E-state index contributed by atoms with van der Waals surface area (Å²) in [6, 6.07) is 9.12. The normalized spacial score (nSPS) is 11.5. The van der Waals surface area contributed by atoms with Crippen LogP contribution in [-0.4, -0.2) is 0 Å². The molecule has 112 valence electrons. The van der Waals surface area contributed by atoms with Gasteiger partial charge in [-0.05, 0) is 18.2 Å². The molecule has 0 saturated carbocycles. The van der Waals surface area contributed by atoms with Gasteiger partial charge in [0, 0.05) is 17.7 Å². The molecule has 21 heavy (non-hydrogen) atoms. The van der Waals surface area contributed by atoms with Gasteiger partial charge in [0.25, 0.3) is 0 Å². The highest BCUT2D eigenvalue weighted by Gasteiger charge is 2.30. The number of hydrogen-bond donors (Lipinski definition) is 1. The van der Waals surface area contributed by atoms with Crippen LogP contribution < -0.4 is 10.5 Å². The first-order chi connectivity index (χ1) is 9.91. The standard InChI is InChI=1S/C15H13F4NO/c16-14-10(8-20)3-1-4-11(14)9-21-13-6-2-5-12(7-13)15(17,18)19/h1-7H,8-9,20H2. The van der Waals surface area contributed by atoms with Crippen LogP contribution in [0, 0.1) is 5.82 Å². The van der Waals surface area contributed by atoms with Gasteiger partial charge in [0.15, 0.2) is 0 Å². The smallest absolute Gasteiger partial charge is 0.416 e. The number of halogens is 4. The fourth-order valence-electron chi connectivity index (χ4n) is 1.83. The summed E-state index contributed by atoms with van der Waals surface area (Å²) in [5.41, 5.74) is 5.16. The molecule has 2 N–H and O–H groups in total. The Morgan fingerprint density at radius 2 is 1.67 bits per heavy atom. The van der Waals surface area contributed by atoms with E-state index in [1.54, 1.807) is 12.1 Å². The van der Waals surface area contributed by atoms with Gasteiger partial charge >= 0.3 is 6.18 Å². The third-order valence-corrected chi connectivity index (χ3v) is 2.93. The molecule has 0 saturated heterocycles. The zero-order chi connectivity index (χ0) is 15.5. The molecule has 0 aliphatic rings. The van der Waals surface area contributed by atoms with Gasteiger partial charge in [0.2, 0.25) is 0 Å². The van der Waals surface area contributed by atoms with Crippen LogP contribution in [-0.2, 0) is 19.3 Å². The largest absolute Gasteiger partial charge is 0.489 e. The highest BCUT2D eigenvalue weighted by Crippen LogP contribution is 2.31. The molecule has 0 radical (unpaired) electrons. The van der Waals surface area contributed by atoms with E-state index in [4.69, 9.17) is 10.5 Å². The van der Waals surface area contributed by atoms with Gasteiger partial charge in [-0.1, -0.05) is 24.3 Å². The SMILES string of the molecule is NCc1cccc(COc2cccc(C(F)(F)F)c2)c1F. The van der Waals surface area contributed by atoms with Gasteiger partial charge in [-0.2, -0.15) is 13.2 Å². The highest BCUT2D eigenvalue weighted by atomic mass is 19.4. The number of alkyl halides is 3. The molecule has 2 nitrogen and oxygen atoms in total. The predicted molar refractivity (Wildman–Crippen MR) is 70.1 cm³/mol. The van der Waals surface area contributed by atoms with Crippen LogP contribution in [0.2, 0.25) is 0 Å². The minimum absolute atomic E-state index is 0.0300. The van der Waals surface area contributed by atoms with Gasteiger partial charge < -0.3 is 10.5 Å². The zero-order valence-electron chi connectivity index (χ0n) is 11.0. The summed E-state index contributed by atoms with van der Waals surface area (Å²) in [5, 5.41) is 0. The highest BCUT2D eigenvalue weighted by molar-refractivity contribution is 5.31. The van der Waals surface area contributed by atoms with E-state index in [2.05, 4.69) is 0 Å². The number of nitrogens with two attached hydrogens (primary N) is 1. The first-order valence-electron chi connectivity index (χ1n) is 6.18. The monoisotopic (exact) mass is 299 g/mol. The maximum Gasteiger partial charge on any atom is 0.416 e. The molecule has 2 aromatic rings. The molecule has 0 spiro atoms. The third-order valence-electron chi connectivity index (χ3n) is 2.93. The van der Waals surface area contributed by atoms with E-state index in [1.165, 1.54) is 18.2 Å².